The quantitative estimate of drug-likeness (QED) is 0.0205. The van der Waals surface area contributed by atoms with Gasteiger partial charge in [-0.3, -0.25) is 4.79 Å². The van der Waals surface area contributed by atoms with Crippen molar-refractivity contribution in [1.29, 1.82) is 0 Å². The van der Waals surface area contributed by atoms with Gasteiger partial charge >= 0.3 is 0 Å². The molecule has 0 bridgehead atoms. The molecule has 420 valence electrons. The zero-order valence-corrected chi connectivity index (χ0v) is 44.9. The van der Waals surface area contributed by atoms with Crippen molar-refractivity contribution in [3.8, 4) is 0 Å². The van der Waals surface area contributed by atoms with Crippen molar-refractivity contribution in [2.45, 2.75) is 293 Å². The normalized spacial score (nSPS) is 25.9. The van der Waals surface area contributed by atoms with Crippen LogP contribution in [0.1, 0.15) is 219 Å². The Hall–Kier alpha value is -2.05. The number of hydrogen-bond donors (Lipinski definition) is 9. The molecule has 0 spiro atoms. The maximum absolute atomic E-state index is 13.2. The number of carbonyl (C=O) groups excluding carboxylic acids is 1. The molecule has 1 amide bonds. The van der Waals surface area contributed by atoms with Gasteiger partial charge in [0.05, 0.1) is 32.0 Å². The third-order valence-corrected chi connectivity index (χ3v) is 14.0. The fourth-order valence-corrected chi connectivity index (χ4v) is 9.26. The minimum absolute atomic E-state index is 0.258. The highest BCUT2D eigenvalue weighted by atomic mass is 16.7. The van der Waals surface area contributed by atoms with Gasteiger partial charge < -0.3 is 65.1 Å². The van der Waals surface area contributed by atoms with Crippen molar-refractivity contribution in [2.75, 3.05) is 19.8 Å². The van der Waals surface area contributed by atoms with Gasteiger partial charge in [-0.05, 0) is 70.6 Å². The molecule has 2 aliphatic rings. The third-order valence-electron chi connectivity index (χ3n) is 14.0. The summed E-state index contributed by atoms with van der Waals surface area (Å²) >= 11 is 0. The van der Waals surface area contributed by atoms with Gasteiger partial charge in [0.25, 0.3) is 0 Å². The number of amides is 1. The summed E-state index contributed by atoms with van der Waals surface area (Å²) in [4.78, 5) is 13.2. The van der Waals surface area contributed by atoms with Crippen LogP contribution < -0.4 is 5.32 Å². The van der Waals surface area contributed by atoms with Crippen LogP contribution in [0.4, 0.5) is 0 Å². The fraction of sp³-hybridized carbons (Fsp3) is 0.845. The monoisotopic (exact) mass is 1020 g/mol. The maximum atomic E-state index is 13.2. The van der Waals surface area contributed by atoms with Crippen molar-refractivity contribution in [2.24, 2.45) is 0 Å². The lowest BCUT2D eigenvalue weighted by atomic mass is 9.97. The molecule has 72 heavy (non-hydrogen) atoms. The number of aliphatic hydroxyl groups excluding tert-OH is 8. The molecule has 9 N–H and O–H groups in total. The molecule has 0 aromatic carbocycles. The molecular formula is C58H105NO13. The molecule has 0 aromatic rings. The highest BCUT2D eigenvalue weighted by Gasteiger charge is 2.51. The summed E-state index contributed by atoms with van der Waals surface area (Å²) in [5.41, 5.74) is 0. The summed E-state index contributed by atoms with van der Waals surface area (Å²) in [7, 11) is 0. The Morgan fingerprint density at radius 1 is 0.486 bits per heavy atom. The SMILES string of the molecule is CCCCCCCCC/C=C\CCCCCCCCCC(=O)NC(COC1OC(CO)C(OC2OC(CO)C(O)C(O)C2O)C(O)C1O)C(O)/C=C/CC/C=C/CC/C=C/CCCCCCCCCCCC. The van der Waals surface area contributed by atoms with E-state index in [1.165, 1.54) is 135 Å². The predicted octanol–water partition coefficient (Wildman–Crippen LogP) is 9.22. The first-order valence-electron chi connectivity index (χ1n) is 28.9. The van der Waals surface area contributed by atoms with Crippen LogP contribution in [0, 0.1) is 0 Å². The predicted molar refractivity (Wildman–Crippen MR) is 286 cm³/mol. The minimum atomic E-state index is -1.79. The summed E-state index contributed by atoms with van der Waals surface area (Å²) < 4.78 is 22.7. The van der Waals surface area contributed by atoms with Gasteiger partial charge in [-0.25, -0.2) is 0 Å². The molecule has 0 saturated carbocycles. The Morgan fingerprint density at radius 2 is 0.889 bits per heavy atom. The van der Waals surface area contributed by atoms with Crippen LogP contribution in [0.3, 0.4) is 0 Å². The number of unbranched alkanes of at least 4 members (excludes halogenated alkanes) is 26. The summed E-state index contributed by atoms with van der Waals surface area (Å²) in [6, 6.07) is -0.940. The van der Waals surface area contributed by atoms with Gasteiger partial charge in [0, 0.05) is 6.42 Å². The second-order valence-electron chi connectivity index (χ2n) is 20.4. The molecule has 2 saturated heterocycles. The first-order valence-corrected chi connectivity index (χ1v) is 28.9. The number of rotatable bonds is 45. The Kier molecular flexibility index (Phi) is 40.5. The van der Waals surface area contributed by atoms with Gasteiger partial charge in [0.2, 0.25) is 5.91 Å². The molecule has 0 aromatic heterocycles. The molecule has 2 fully saturated rings. The number of aliphatic hydroxyl groups is 8. The Bertz CT molecular complexity index is 1390. The number of allylic oxidation sites excluding steroid dienone is 7. The molecule has 2 rings (SSSR count). The highest BCUT2D eigenvalue weighted by molar-refractivity contribution is 5.76. The molecule has 2 heterocycles. The largest absolute Gasteiger partial charge is 0.394 e. The second-order valence-corrected chi connectivity index (χ2v) is 20.4. The summed E-state index contributed by atoms with van der Waals surface area (Å²) in [5.74, 6) is -0.258. The van der Waals surface area contributed by atoms with Crippen LogP contribution in [0.15, 0.2) is 48.6 Å². The first-order chi connectivity index (χ1) is 35.1. The van der Waals surface area contributed by atoms with Crippen molar-refractivity contribution in [1.82, 2.24) is 5.32 Å². The van der Waals surface area contributed by atoms with Crippen molar-refractivity contribution in [3.63, 3.8) is 0 Å². The number of nitrogens with one attached hydrogen (secondary N) is 1. The first kappa shape index (κ1) is 66.1. The molecule has 2 aliphatic heterocycles. The van der Waals surface area contributed by atoms with Gasteiger partial charge in [-0.15, -0.1) is 0 Å². The van der Waals surface area contributed by atoms with Gasteiger partial charge in [0.15, 0.2) is 12.6 Å². The minimum Gasteiger partial charge on any atom is -0.394 e. The van der Waals surface area contributed by atoms with E-state index in [2.05, 4.69) is 55.6 Å². The van der Waals surface area contributed by atoms with Gasteiger partial charge in [0.1, 0.15) is 48.8 Å². The number of carbonyl (C=O) groups is 1. The van der Waals surface area contributed by atoms with Crippen molar-refractivity contribution >= 4 is 5.91 Å². The Morgan fingerprint density at radius 3 is 1.36 bits per heavy atom. The lowest BCUT2D eigenvalue weighted by molar-refractivity contribution is -0.359. The molecular weight excluding hydrogens is 919 g/mol. The number of ether oxygens (including phenoxy) is 4. The topological polar surface area (TPSA) is 228 Å². The Balaban J connectivity index is 1.82. The zero-order chi connectivity index (χ0) is 52.4. The maximum Gasteiger partial charge on any atom is 0.220 e. The van der Waals surface area contributed by atoms with Gasteiger partial charge in [-0.2, -0.15) is 0 Å². The van der Waals surface area contributed by atoms with Gasteiger partial charge in [-0.1, -0.05) is 191 Å². The summed E-state index contributed by atoms with van der Waals surface area (Å²) in [5, 5.41) is 87.0. The average Bonchev–Trinajstić information content (AvgIpc) is 3.38. The number of hydrogen-bond acceptors (Lipinski definition) is 13. The fourth-order valence-electron chi connectivity index (χ4n) is 9.26. The van der Waals surface area contributed by atoms with E-state index >= 15 is 0 Å². The smallest absolute Gasteiger partial charge is 0.220 e. The van der Waals surface area contributed by atoms with Crippen LogP contribution in [0.5, 0.6) is 0 Å². The van der Waals surface area contributed by atoms with Crippen molar-refractivity contribution < 1.29 is 64.6 Å². The second kappa shape index (κ2) is 44.1. The lowest BCUT2D eigenvalue weighted by Crippen LogP contribution is -2.65. The van der Waals surface area contributed by atoms with E-state index in [0.717, 1.165) is 51.4 Å². The molecule has 0 aliphatic carbocycles. The van der Waals surface area contributed by atoms with Crippen LogP contribution in [-0.2, 0) is 23.7 Å². The summed E-state index contributed by atoms with van der Waals surface area (Å²) in [6.45, 7) is 2.77. The van der Waals surface area contributed by atoms with E-state index in [1.807, 2.05) is 6.08 Å². The van der Waals surface area contributed by atoms with E-state index in [9.17, 15) is 45.6 Å². The molecule has 0 radical (unpaired) electrons. The van der Waals surface area contributed by atoms with Crippen molar-refractivity contribution in [3.05, 3.63) is 48.6 Å². The average molecular weight is 1020 g/mol. The standard InChI is InChI=1S/C58H105NO13/c1-3-5-7-9-11-13-15-17-19-21-23-24-25-27-29-31-33-35-37-39-41-47(62)46(59-50(63)42-40-38-36-34-32-30-28-26-22-20-18-16-14-12-10-8-6-4-2)45-69-57-55(68)53(66)56(49(44-61)71-57)72-58-54(67)52(65)51(64)48(43-60)70-58/h20,22,24-25,31,33,39,41,46-49,51-58,60-62,64-68H,3-19,21,23,26-30,32,34-38,40,42-45H2,1-2H3,(H,59,63)/b22-20-,25-24+,33-31+,41-39+. The van der Waals surface area contributed by atoms with E-state index in [-0.39, 0.29) is 18.9 Å². The van der Waals surface area contributed by atoms with Crippen LogP contribution in [-0.4, -0.2) is 140 Å². The molecule has 14 nitrogen and oxygen atoms in total. The van der Waals surface area contributed by atoms with Crippen LogP contribution >= 0.6 is 0 Å². The Labute approximate surface area is 435 Å². The van der Waals surface area contributed by atoms with E-state index in [4.69, 9.17) is 18.9 Å². The molecule has 12 unspecified atom stereocenters. The van der Waals surface area contributed by atoms with E-state index < -0.39 is 86.8 Å². The molecule has 14 heteroatoms. The zero-order valence-electron chi connectivity index (χ0n) is 44.9. The van der Waals surface area contributed by atoms with E-state index in [1.54, 1.807) is 6.08 Å². The van der Waals surface area contributed by atoms with Crippen LogP contribution in [0.2, 0.25) is 0 Å². The molecule has 12 atom stereocenters. The lowest BCUT2D eigenvalue weighted by Gasteiger charge is -2.46. The third kappa shape index (κ3) is 29.9. The van der Waals surface area contributed by atoms with Crippen LogP contribution in [0.25, 0.3) is 0 Å². The van der Waals surface area contributed by atoms with E-state index in [0.29, 0.717) is 12.8 Å². The summed E-state index contributed by atoms with van der Waals surface area (Å²) in [6.07, 6.45) is 37.2. The highest BCUT2D eigenvalue weighted by Crippen LogP contribution is 2.30.